The Morgan fingerprint density at radius 3 is 2.68 bits per heavy atom. The molecular weight excluding hydrogens is 386 g/mol. The van der Waals surface area contributed by atoms with Gasteiger partial charge in [-0.15, -0.1) is 11.3 Å². The molecule has 1 heterocycles. The summed E-state index contributed by atoms with van der Waals surface area (Å²) in [6, 6.07) is 8.80. The lowest BCUT2D eigenvalue weighted by Gasteiger charge is -2.20. The molecule has 0 aliphatic heterocycles. The SMILES string of the molecule is CCCNC(c1cc(Br)ccc1Br)c1sccc1C. The first-order valence-electron chi connectivity index (χ1n) is 6.35. The van der Waals surface area contributed by atoms with Gasteiger partial charge in [0.1, 0.15) is 0 Å². The van der Waals surface area contributed by atoms with Crippen molar-refractivity contribution in [2.45, 2.75) is 26.3 Å². The highest BCUT2D eigenvalue weighted by atomic mass is 79.9. The molecule has 1 aromatic heterocycles. The van der Waals surface area contributed by atoms with Gasteiger partial charge in [0.2, 0.25) is 0 Å². The summed E-state index contributed by atoms with van der Waals surface area (Å²) >= 11 is 9.07. The Hall–Kier alpha value is -0.160. The molecule has 19 heavy (non-hydrogen) atoms. The van der Waals surface area contributed by atoms with Crippen LogP contribution >= 0.6 is 43.2 Å². The van der Waals surface area contributed by atoms with Crippen LogP contribution in [-0.4, -0.2) is 6.54 Å². The van der Waals surface area contributed by atoms with E-state index < -0.39 is 0 Å². The fourth-order valence-corrected chi connectivity index (χ4v) is 3.92. The smallest absolute Gasteiger partial charge is 0.0685 e. The van der Waals surface area contributed by atoms with Crippen LogP contribution in [0.4, 0.5) is 0 Å². The first-order valence-corrected chi connectivity index (χ1v) is 8.82. The third-order valence-electron chi connectivity index (χ3n) is 3.03. The minimum Gasteiger partial charge on any atom is -0.306 e. The zero-order chi connectivity index (χ0) is 13.8. The van der Waals surface area contributed by atoms with Crippen LogP contribution in [0, 0.1) is 6.92 Å². The topological polar surface area (TPSA) is 12.0 Å². The Bertz CT molecular complexity index is 551. The summed E-state index contributed by atoms with van der Waals surface area (Å²) < 4.78 is 2.26. The monoisotopic (exact) mass is 401 g/mol. The normalized spacial score (nSPS) is 12.6. The predicted molar refractivity (Wildman–Crippen MR) is 91.0 cm³/mol. The van der Waals surface area contributed by atoms with E-state index >= 15 is 0 Å². The maximum Gasteiger partial charge on any atom is 0.0685 e. The van der Waals surface area contributed by atoms with Gasteiger partial charge >= 0.3 is 0 Å². The predicted octanol–water partition coefficient (Wildman–Crippen LogP) is 5.67. The zero-order valence-corrected chi connectivity index (χ0v) is 15.0. The molecule has 0 saturated heterocycles. The highest BCUT2D eigenvalue weighted by molar-refractivity contribution is 9.11. The third kappa shape index (κ3) is 3.69. The van der Waals surface area contributed by atoms with E-state index in [1.165, 1.54) is 16.0 Å². The van der Waals surface area contributed by atoms with Crippen LogP contribution in [0.15, 0.2) is 38.6 Å². The van der Waals surface area contributed by atoms with Gasteiger partial charge in [0.05, 0.1) is 6.04 Å². The fourth-order valence-electron chi connectivity index (χ4n) is 2.05. The first-order chi connectivity index (χ1) is 9.13. The molecule has 0 saturated carbocycles. The highest BCUT2D eigenvalue weighted by Crippen LogP contribution is 2.34. The second kappa shape index (κ2) is 7.02. The summed E-state index contributed by atoms with van der Waals surface area (Å²) in [5.41, 5.74) is 2.64. The Morgan fingerprint density at radius 1 is 1.26 bits per heavy atom. The number of thiophene rings is 1. The average molecular weight is 403 g/mol. The van der Waals surface area contributed by atoms with E-state index in [1.54, 1.807) is 0 Å². The summed E-state index contributed by atoms with van der Waals surface area (Å²) in [4.78, 5) is 1.40. The fraction of sp³-hybridized carbons (Fsp3) is 0.333. The number of benzene rings is 1. The number of aryl methyl sites for hydroxylation is 1. The van der Waals surface area contributed by atoms with Crippen molar-refractivity contribution < 1.29 is 0 Å². The van der Waals surface area contributed by atoms with E-state index in [1.807, 2.05) is 11.3 Å². The van der Waals surface area contributed by atoms with Crippen molar-refractivity contribution >= 4 is 43.2 Å². The summed E-state index contributed by atoms with van der Waals surface area (Å²) in [7, 11) is 0. The van der Waals surface area contributed by atoms with Crippen molar-refractivity contribution in [1.29, 1.82) is 0 Å². The maximum atomic E-state index is 3.68. The van der Waals surface area contributed by atoms with E-state index in [4.69, 9.17) is 0 Å². The molecule has 0 amide bonds. The van der Waals surface area contributed by atoms with Gasteiger partial charge in [-0.05, 0) is 60.7 Å². The van der Waals surface area contributed by atoms with Crippen LogP contribution in [0.3, 0.4) is 0 Å². The lowest BCUT2D eigenvalue weighted by molar-refractivity contribution is 0.602. The molecule has 0 aliphatic carbocycles. The summed E-state index contributed by atoms with van der Waals surface area (Å²) in [6.45, 7) is 5.39. The Balaban J connectivity index is 2.42. The van der Waals surface area contributed by atoms with Gasteiger partial charge in [0, 0.05) is 13.8 Å². The quantitative estimate of drug-likeness (QED) is 0.679. The van der Waals surface area contributed by atoms with Crippen molar-refractivity contribution in [3.8, 4) is 0 Å². The molecule has 1 nitrogen and oxygen atoms in total. The summed E-state index contributed by atoms with van der Waals surface area (Å²) in [6.07, 6.45) is 1.13. The first kappa shape index (κ1) is 15.2. The second-order valence-corrected chi connectivity index (χ2v) is 7.24. The van der Waals surface area contributed by atoms with Gasteiger partial charge < -0.3 is 5.32 Å². The van der Waals surface area contributed by atoms with Gasteiger partial charge in [0.25, 0.3) is 0 Å². The Morgan fingerprint density at radius 2 is 2.05 bits per heavy atom. The van der Waals surface area contributed by atoms with Crippen molar-refractivity contribution in [3.63, 3.8) is 0 Å². The Labute approximate surface area is 135 Å². The Kier molecular flexibility index (Phi) is 5.63. The molecule has 0 aliphatic rings. The van der Waals surface area contributed by atoms with Crippen LogP contribution in [0.5, 0.6) is 0 Å². The molecule has 1 unspecified atom stereocenters. The van der Waals surface area contributed by atoms with Crippen molar-refractivity contribution in [2.24, 2.45) is 0 Å². The van der Waals surface area contributed by atoms with Crippen LogP contribution < -0.4 is 5.32 Å². The molecule has 1 N–H and O–H groups in total. The van der Waals surface area contributed by atoms with Gasteiger partial charge in [-0.2, -0.15) is 0 Å². The summed E-state index contributed by atoms with van der Waals surface area (Å²) in [5, 5.41) is 5.82. The molecule has 2 aromatic rings. The second-order valence-electron chi connectivity index (χ2n) is 4.52. The maximum absolute atomic E-state index is 3.68. The molecule has 0 bridgehead atoms. The molecule has 0 fully saturated rings. The number of hydrogen-bond donors (Lipinski definition) is 1. The van der Waals surface area contributed by atoms with Crippen LogP contribution in [0.1, 0.15) is 35.4 Å². The van der Waals surface area contributed by atoms with E-state index in [0.29, 0.717) is 0 Å². The number of nitrogens with one attached hydrogen (secondary N) is 1. The molecular formula is C15H17Br2NS. The molecule has 102 valence electrons. The van der Waals surface area contributed by atoms with E-state index in [2.05, 4.69) is 80.7 Å². The largest absolute Gasteiger partial charge is 0.306 e. The van der Waals surface area contributed by atoms with E-state index in [-0.39, 0.29) is 6.04 Å². The van der Waals surface area contributed by atoms with Gasteiger partial charge in [-0.1, -0.05) is 38.8 Å². The zero-order valence-electron chi connectivity index (χ0n) is 11.0. The van der Waals surface area contributed by atoms with Gasteiger partial charge in [-0.25, -0.2) is 0 Å². The van der Waals surface area contributed by atoms with Crippen LogP contribution in [-0.2, 0) is 0 Å². The van der Waals surface area contributed by atoms with Gasteiger partial charge in [0.15, 0.2) is 0 Å². The van der Waals surface area contributed by atoms with Crippen molar-refractivity contribution in [3.05, 3.63) is 54.6 Å². The third-order valence-corrected chi connectivity index (χ3v) is 5.33. The average Bonchev–Trinajstić information content (AvgIpc) is 2.80. The standard InChI is InChI=1S/C15H17Br2NS/c1-3-7-18-14(15-10(2)6-8-19-15)12-9-11(16)4-5-13(12)17/h4-6,8-9,14,18H,3,7H2,1-2H3. The van der Waals surface area contributed by atoms with E-state index in [9.17, 15) is 0 Å². The molecule has 0 spiro atoms. The van der Waals surface area contributed by atoms with Gasteiger partial charge in [-0.3, -0.25) is 0 Å². The van der Waals surface area contributed by atoms with Crippen LogP contribution in [0.25, 0.3) is 0 Å². The lowest BCUT2D eigenvalue weighted by Crippen LogP contribution is -2.23. The molecule has 1 atom stereocenters. The summed E-state index contributed by atoms with van der Waals surface area (Å²) in [5.74, 6) is 0. The lowest BCUT2D eigenvalue weighted by atomic mass is 10.0. The minimum absolute atomic E-state index is 0.256. The molecule has 2 rings (SSSR count). The number of halogens is 2. The number of rotatable bonds is 5. The van der Waals surface area contributed by atoms with Crippen molar-refractivity contribution in [2.75, 3.05) is 6.54 Å². The molecule has 1 aromatic carbocycles. The minimum atomic E-state index is 0.256. The van der Waals surface area contributed by atoms with Crippen molar-refractivity contribution in [1.82, 2.24) is 5.32 Å². The molecule has 0 radical (unpaired) electrons. The molecule has 4 heteroatoms. The number of hydrogen-bond acceptors (Lipinski definition) is 2. The van der Waals surface area contributed by atoms with Crippen LogP contribution in [0.2, 0.25) is 0 Å². The van der Waals surface area contributed by atoms with E-state index in [0.717, 1.165) is 21.9 Å². The highest BCUT2D eigenvalue weighted by Gasteiger charge is 2.19.